The molecule has 98 valence electrons. The number of nitrogens with zero attached hydrogens (tertiary/aromatic N) is 2. The summed E-state index contributed by atoms with van der Waals surface area (Å²) in [5, 5.41) is 11.1. The van der Waals surface area contributed by atoms with E-state index in [0.29, 0.717) is 17.1 Å². The number of nitrogen functional groups attached to an aromatic ring is 1. The minimum absolute atomic E-state index is 0.0621. The molecule has 1 aromatic carbocycles. The predicted molar refractivity (Wildman–Crippen MR) is 71.3 cm³/mol. The first kappa shape index (κ1) is 12.8. The second-order valence-electron chi connectivity index (χ2n) is 4.21. The second kappa shape index (κ2) is 4.93. The van der Waals surface area contributed by atoms with Gasteiger partial charge >= 0.3 is 5.69 Å². The lowest BCUT2D eigenvalue weighted by Gasteiger charge is -2.10. The molecule has 0 amide bonds. The number of benzene rings is 1. The Kier molecular flexibility index (Phi) is 3.33. The van der Waals surface area contributed by atoms with E-state index in [1.165, 1.54) is 18.3 Å². The number of nitro groups is 1. The third-order valence-corrected chi connectivity index (χ3v) is 2.57. The Bertz CT molecular complexity index is 641. The van der Waals surface area contributed by atoms with E-state index in [4.69, 9.17) is 10.5 Å². The van der Waals surface area contributed by atoms with Crippen LogP contribution >= 0.6 is 0 Å². The maximum Gasteiger partial charge on any atom is 0.312 e. The summed E-state index contributed by atoms with van der Waals surface area (Å²) in [6, 6.07) is 6.42. The Hall–Kier alpha value is -2.63. The zero-order valence-electron chi connectivity index (χ0n) is 10.6. The highest BCUT2D eigenvalue weighted by Crippen LogP contribution is 2.35. The number of aromatic nitrogens is 1. The quantitative estimate of drug-likeness (QED) is 0.675. The largest absolute Gasteiger partial charge is 0.450 e. The molecule has 2 aromatic rings. The van der Waals surface area contributed by atoms with E-state index in [0.717, 1.165) is 5.56 Å². The van der Waals surface area contributed by atoms with Crippen molar-refractivity contribution in [2.45, 2.75) is 13.8 Å². The topological polar surface area (TPSA) is 91.3 Å². The molecule has 0 aliphatic carbocycles. The highest BCUT2D eigenvalue weighted by Gasteiger charge is 2.19. The zero-order valence-corrected chi connectivity index (χ0v) is 10.6. The van der Waals surface area contributed by atoms with Gasteiger partial charge in [-0.3, -0.25) is 10.1 Å². The van der Waals surface area contributed by atoms with Gasteiger partial charge in [0.1, 0.15) is 11.6 Å². The molecule has 0 saturated heterocycles. The fourth-order valence-electron chi connectivity index (χ4n) is 1.81. The van der Waals surface area contributed by atoms with Crippen LogP contribution in [0.1, 0.15) is 11.1 Å². The minimum atomic E-state index is -0.458. The van der Waals surface area contributed by atoms with Crippen molar-refractivity contribution in [3.8, 4) is 11.5 Å². The Morgan fingerprint density at radius 1 is 1.32 bits per heavy atom. The lowest BCUT2D eigenvalue weighted by molar-refractivity contribution is -0.385. The molecule has 0 aliphatic rings. The summed E-state index contributed by atoms with van der Waals surface area (Å²) in [5.74, 6) is 0.939. The van der Waals surface area contributed by atoms with Crippen LogP contribution in [0.25, 0.3) is 0 Å². The van der Waals surface area contributed by atoms with Crippen LogP contribution in [0.3, 0.4) is 0 Å². The minimum Gasteiger partial charge on any atom is -0.450 e. The number of pyridine rings is 1. The van der Waals surface area contributed by atoms with E-state index in [1.54, 1.807) is 19.9 Å². The highest BCUT2D eigenvalue weighted by atomic mass is 16.6. The predicted octanol–water partition coefficient (Wildman–Crippen LogP) is 2.98. The van der Waals surface area contributed by atoms with Crippen molar-refractivity contribution in [1.82, 2.24) is 4.98 Å². The highest BCUT2D eigenvalue weighted by molar-refractivity contribution is 5.55. The van der Waals surface area contributed by atoms with Gasteiger partial charge in [0.05, 0.1) is 4.92 Å². The van der Waals surface area contributed by atoms with Crippen LogP contribution in [0.15, 0.2) is 30.5 Å². The molecule has 2 rings (SSSR count). The summed E-state index contributed by atoms with van der Waals surface area (Å²) in [5.41, 5.74) is 6.99. The number of nitrogens with two attached hydrogens (primary N) is 1. The molecular weight excluding hydrogens is 246 g/mol. The molecule has 0 unspecified atom stereocenters. The van der Waals surface area contributed by atoms with Gasteiger partial charge in [0.15, 0.2) is 0 Å². The van der Waals surface area contributed by atoms with E-state index in [2.05, 4.69) is 4.98 Å². The third-order valence-electron chi connectivity index (χ3n) is 2.57. The second-order valence-corrected chi connectivity index (χ2v) is 4.21. The van der Waals surface area contributed by atoms with Crippen LogP contribution in [-0.2, 0) is 0 Å². The molecule has 0 saturated carbocycles. The number of hydrogen-bond donors (Lipinski definition) is 1. The van der Waals surface area contributed by atoms with Gasteiger partial charge in [0.25, 0.3) is 0 Å². The summed E-state index contributed by atoms with van der Waals surface area (Å²) in [6.07, 6.45) is 1.49. The average molecular weight is 259 g/mol. The molecule has 1 aromatic heterocycles. The van der Waals surface area contributed by atoms with Crippen LogP contribution in [0, 0.1) is 24.0 Å². The number of aryl methyl sites for hydroxylation is 2. The Morgan fingerprint density at radius 2 is 2.05 bits per heavy atom. The average Bonchev–Trinajstić information content (AvgIpc) is 2.32. The van der Waals surface area contributed by atoms with Crippen molar-refractivity contribution in [2.75, 3.05) is 5.73 Å². The van der Waals surface area contributed by atoms with Crippen molar-refractivity contribution in [2.24, 2.45) is 0 Å². The van der Waals surface area contributed by atoms with Crippen LogP contribution in [0.4, 0.5) is 11.5 Å². The first-order valence-corrected chi connectivity index (χ1v) is 5.62. The van der Waals surface area contributed by atoms with E-state index >= 15 is 0 Å². The van der Waals surface area contributed by atoms with Gasteiger partial charge in [-0.05, 0) is 31.0 Å². The first-order valence-electron chi connectivity index (χ1n) is 5.62. The normalized spacial score (nSPS) is 10.2. The fraction of sp³-hybridized carbons (Fsp3) is 0.154. The van der Waals surface area contributed by atoms with Crippen LogP contribution in [-0.4, -0.2) is 9.91 Å². The summed E-state index contributed by atoms with van der Waals surface area (Å²) in [7, 11) is 0. The van der Waals surface area contributed by atoms with Crippen LogP contribution in [0.2, 0.25) is 0 Å². The van der Waals surface area contributed by atoms with E-state index in [9.17, 15) is 10.1 Å². The summed E-state index contributed by atoms with van der Waals surface area (Å²) < 4.78 is 5.58. The maximum absolute atomic E-state index is 11.1. The molecular formula is C13H13N3O3. The molecule has 0 atom stereocenters. The van der Waals surface area contributed by atoms with Crippen LogP contribution < -0.4 is 10.5 Å². The molecule has 6 nitrogen and oxygen atoms in total. The summed E-state index contributed by atoms with van der Waals surface area (Å²) >= 11 is 0. The van der Waals surface area contributed by atoms with Gasteiger partial charge in [-0.15, -0.1) is 0 Å². The number of nitro benzene ring substituents is 1. The third kappa shape index (κ3) is 2.79. The standard InChI is InChI=1S/C13H13N3O3/c1-8-5-9(2)13(11(6-8)16(17)18)19-10-3-4-15-12(14)7-10/h3-7H,1-2H3,(H2,14,15). The zero-order chi connectivity index (χ0) is 14.0. The molecule has 0 aliphatic heterocycles. The molecule has 1 heterocycles. The van der Waals surface area contributed by atoms with Gasteiger partial charge in [-0.2, -0.15) is 0 Å². The van der Waals surface area contributed by atoms with E-state index in [-0.39, 0.29) is 11.4 Å². The summed E-state index contributed by atoms with van der Waals surface area (Å²) in [4.78, 5) is 14.5. The van der Waals surface area contributed by atoms with E-state index in [1.807, 2.05) is 6.07 Å². The number of anilines is 1. The first-order chi connectivity index (χ1) is 8.97. The van der Waals surface area contributed by atoms with E-state index < -0.39 is 4.92 Å². The molecule has 0 fully saturated rings. The van der Waals surface area contributed by atoms with Crippen molar-refractivity contribution >= 4 is 11.5 Å². The van der Waals surface area contributed by atoms with Crippen molar-refractivity contribution in [3.05, 3.63) is 51.7 Å². The SMILES string of the molecule is Cc1cc(C)c(Oc2ccnc(N)c2)c([N+](=O)[O-])c1. The number of rotatable bonds is 3. The lowest BCUT2D eigenvalue weighted by atomic mass is 10.1. The molecule has 0 spiro atoms. The number of hydrogen-bond acceptors (Lipinski definition) is 5. The molecule has 0 bridgehead atoms. The smallest absolute Gasteiger partial charge is 0.312 e. The lowest BCUT2D eigenvalue weighted by Crippen LogP contribution is -1.97. The van der Waals surface area contributed by atoms with Crippen molar-refractivity contribution < 1.29 is 9.66 Å². The van der Waals surface area contributed by atoms with Gasteiger partial charge in [-0.1, -0.05) is 6.07 Å². The van der Waals surface area contributed by atoms with Gasteiger partial charge in [0.2, 0.25) is 5.75 Å². The molecule has 0 radical (unpaired) electrons. The fourth-order valence-corrected chi connectivity index (χ4v) is 1.81. The monoisotopic (exact) mass is 259 g/mol. The van der Waals surface area contributed by atoms with Crippen molar-refractivity contribution in [1.29, 1.82) is 0 Å². The van der Waals surface area contributed by atoms with Crippen LogP contribution in [0.5, 0.6) is 11.5 Å². The van der Waals surface area contributed by atoms with Gasteiger partial charge in [0, 0.05) is 18.3 Å². The maximum atomic E-state index is 11.1. The Morgan fingerprint density at radius 3 is 2.68 bits per heavy atom. The molecule has 2 N–H and O–H groups in total. The summed E-state index contributed by atoms with van der Waals surface area (Å²) in [6.45, 7) is 3.56. The van der Waals surface area contributed by atoms with Gasteiger partial charge < -0.3 is 10.5 Å². The molecule has 6 heteroatoms. The Balaban J connectivity index is 2.47. The number of ether oxygens (including phenoxy) is 1. The van der Waals surface area contributed by atoms with Gasteiger partial charge in [-0.25, -0.2) is 4.98 Å². The Labute approximate surface area is 110 Å². The van der Waals surface area contributed by atoms with Crippen molar-refractivity contribution in [3.63, 3.8) is 0 Å². The molecule has 19 heavy (non-hydrogen) atoms.